The van der Waals surface area contributed by atoms with E-state index >= 15 is 0 Å². The van der Waals surface area contributed by atoms with E-state index in [1.165, 1.54) is 18.9 Å². The van der Waals surface area contributed by atoms with Crippen LogP contribution < -0.4 is 10.1 Å². The van der Waals surface area contributed by atoms with E-state index in [9.17, 15) is 10.1 Å². The standard InChI is InChI=1S/C16H24N2O3/c1-11(2)12-5-4-6-13(9-12)17-15-10-14(18(19)20)7-8-16(15)21-3/h7-8,10-13,17H,4-6,9H2,1-3H3. The summed E-state index contributed by atoms with van der Waals surface area (Å²) in [4.78, 5) is 10.6. The predicted molar refractivity (Wildman–Crippen MR) is 83.9 cm³/mol. The van der Waals surface area contributed by atoms with Gasteiger partial charge in [0.25, 0.3) is 5.69 Å². The summed E-state index contributed by atoms with van der Waals surface area (Å²) in [7, 11) is 1.59. The molecule has 1 aliphatic rings. The van der Waals surface area contributed by atoms with Crippen molar-refractivity contribution >= 4 is 11.4 Å². The fraction of sp³-hybridized carbons (Fsp3) is 0.625. The SMILES string of the molecule is COc1ccc([N+](=O)[O-])cc1NC1CCCC(C(C)C)C1. The van der Waals surface area contributed by atoms with Gasteiger partial charge in [-0.3, -0.25) is 10.1 Å². The average molecular weight is 292 g/mol. The first-order chi connectivity index (χ1) is 10.0. The molecule has 1 saturated carbocycles. The minimum absolute atomic E-state index is 0.0921. The maximum atomic E-state index is 10.9. The van der Waals surface area contributed by atoms with Crippen molar-refractivity contribution in [3.05, 3.63) is 28.3 Å². The van der Waals surface area contributed by atoms with Gasteiger partial charge in [-0.15, -0.1) is 0 Å². The fourth-order valence-electron chi connectivity index (χ4n) is 3.11. The van der Waals surface area contributed by atoms with Crippen molar-refractivity contribution in [3.63, 3.8) is 0 Å². The highest BCUT2D eigenvalue weighted by atomic mass is 16.6. The molecular weight excluding hydrogens is 268 g/mol. The molecule has 21 heavy (non-hydrogen) atoms. The van der Waals surface area contributed by atoms with Gasteiger partial charge in [0, 0.05) is 18.2 Å². The molecule has 5 nitrogen and oxygen atoms in total. The molecule has 0 amide bonds. The Kier molecular flexibility index (Phi) is 5.04. The van der Waals surface area contributed by atoms with Gasteiger partial charge in [0.1, 0.15) is 5.75 Å². The molecule has 2 atom stereocenters. The van der Waals surface area contributed by atoms with Crippen molar-refractivity contribution in [1.82, 2.24) is 0 Å². The Morgan fingerprint density at radius 1 is 1.38 bits per heavy atom. The molecule has 0 heterocycles. The minimum atomic E-state index is -0.373. The van der Waals surface area contributed by atoms with E-state index in [1.54, 1.807) is 19.2 Å². The maximum Gasteiger partial charge on any atom is 0.271 e. The smallest absolute Gasteiger partial charge is 0.271 e. The number of nitro benzene ring substituents is 1. The second-order valence-electron chi connectivity index (χ2n) is 6.15. The van der Waals surface area contributed by atoms with Crippen molar-refractivity contribution in [2.45, 2.75) is 45.6 Å². The number of rotatable bonds is 5. The number of ether oxygens (including phenoxy) is 1. The lowest BCUT2D eigenvalue weighted by Gasteiger charge is -2.32. The summed E-state index contributed by atoms with van der Waals surface area (Å²) in [5.41, 5.74) is 0.815. The average Bonchev–Trinajstić information content (AvgIpc) is 2.47. The quantitative estimate of drug-likeness (QED) is 0.651. The Bertz CT molecular complexity index is 502. The zero-order valence-electron chi connectivity index (χ0n) is 13.0. The highest BCUT2D eigenvalue weighted by Crippen LogP contribution is 2.35. The predicted octanol–water partition coefficient (Wildman–Crippen LogP) is 4.23. The van der Waals surface area contributed by atoms with Crippen LogP contribution in [0.4, 0.5) is 11.4 Å². The Labute approximate surface area is 125 Å². The molecule has 5 heteroatoms. The van der Waals surface area contributed by atoms with E-state index in [1.807, 2.05) is 0 Å². The third kappa shape index (κ3) is 3.86. The van der Waals surface area contributed by atoms with Crippen LogP contribution in [0.1, 0.15) is 39.5 Å². The highest BCUT2D eigenvalue weighted by Gasteiger charge is 2.25. The van der Waals surface area contributed by atoms with E-state index in [2.05, 4.69) is 19.2 Å². The Balaban J connectivity index is 2.14. The molecule has 1 aromatic rings. The molecule has 116 valence electrons. The van der Waals surface area contributed by atoms with Crippen LogP contribution in [-0.2, 0) is 0 Å². The van der Waals surface area contributed by atoms with Gasteiger partial charge in [-0.2, -0.15) is 0 Å². The first-order valence-corrected chi connectivity index (χ1v) is 7.60. The van der Waals surface area contributed by atoms with Crippen molar-refractivity contribution < 1.29 is 9.66 Å². The third-order valence-corrected chi connectivity index (χ3v) is 4.41. The molecular formula is C16H24N2O3. The number of benzene rings is 1. The lowest BCUT2D eigenvalue weighted by Crippen LogP contribution is -2.29. The third-order valence-electron chi connectivity index (χ3n) is 4.41. The van der Waals surface area contributed by atoms with Crippen LogP contribution >= 0.6 is 0 Å². The molecule has 2 unspecified atom stereocenters. The first-order valence-electron chi connectivity index (χ1n) is 7.60. The second-order valence-corrected chi connectivity index (χ2v) is 6.15. The summed E-state index contributed by atoms with van der Waals surface area (Å²) in [5, 5.41) is 14.4. The van der Waals surface area contributed by atoms with Gasteiger partial charge in [0.05, 0.1) is 17.7 Å². The van der Waals surface area contributed by atoms with E-state index in [0.717, 1.165) is 24.4 Å². The molecule has 0 aromatic heterocycles. The van der Waals surface area contributed by atoms with Gasteiger partial charge in [0.15, 0.2) is 0 Å². The van der Waals surface area contributed by atoms with Gasteiger partial charge in [-0.1, -0.05) is 26.7 Å². The lowest BCUT2D eigenvalue weighted by molar-refractivity contribution is -0.384. The fourth-order valence-corrected chi connectivity index (χ4v) is 3.11. The molecule has 1 fully saturated rings. The topological polar surface area (TPSA) is 64.4 Å². The number of methoxy groups -OCH3 is 1. The number of nitrogens with one attached hydrogen (secondary N) is 1. The van der Waals surface area contributed by atoms with Crippen molar-refractivity contribution in [3.8, 4) is 5.75 Å². The van der Waals surface area contributed by atoms with Gasteiger partial charge in [-0.05, 0) is 30.7 Å². The molecule has 1 aromatic carbocycles. The highest BCUT2D eigenvalue weighted by molar-refractivity contribution is 5.62. The van der Waals surface area contributed by atoms with E-state index in [-0.39, 0.29) is 10.6 Å². The van der Waals surface area contributed by atoms with Crippen LogP contribution in [0.2, 0.25) is 0 Å². The summed E-state index contributed by atoms with van der Waals surface area (Å²) < 4.78 is 5.31. The molecule has 0 saturated heterocycles. The van der Waals surface area contributed by atoms with Gasteiger partial charge in [-0.25, -0.2) is 0 Å². The number of nitro groups is 1. The molecule has 1 N–H and O–H groups in total. The second kappa shape index (κ2) is 6.78. The Hall–Kier alpha value is -1.78. The van der Waals surface area contributed by atoms with Crippen molar-refractivity contribution in [2.24, 2.45) is 11.8 Å². The summed E-state index contributed by atoms with van der Waals surface area (Å²) in [6.07, 6.45) is 4.71. The van der Waals surface area contributed by atoms with E-state index in [0.29, 0.717) is 17.7 Å². The molecule has 0 bridgehead atoms. The number of anilines is 1. The zero-order chi connectivity index (χ0) is 15.4. The zero-order valence-corrected chi connectivity index (χ0v) is 13.0. The molecule has 0 spiro atoms. The van der Waals surface area contributed by atoms with Crippen LogP contribution in [0, 0.1) is 22.0 Å². The van der Waals surface area contributed by atoms with Crippen LogP contribution in [0.5, 0.6) is 5.75 Å². The number of nitrogens with zero attached hydrogens (tertiary/aromatic N) is 1. The minimum Gasteiger partial charge on any atom is -0.495 e. The Morgan fingerprint density at radius 2 is 2.14 bits per heavy atom. The van der Waals surface area contributed by atoms with Crippen molar-refractivity contribution in [1.29, 1.82) is 0 Å². The summed E-state index contributed by atoms with van der Waals surface area (Å²) in [5.74, 6) is 2.06. The maximum absolute atomic E-state index is 10.9. The summed E-state index contributed by atoms with van der Waals surface area (Å²) in [6, 6.07) is 5.06. The summed E-state index contributed by atoms with van der Waals surface area (Å²) in [6.45, 7) is 4.53. The normalized spacial score (nSPS) is 22.1. The van der Waals surface area contributed by atoms with Crippen LogP contribution in [-0.4, -0.2) is 18.1 Å². The molecule has 1 aliphatic carbocycles. The molecule has 2 rings (SSSR count). The van der Waals surface area contributed by atoms with Crippen LogP contribution in [0.25, 0.3) is 0 Å². The number of non-ortho nitro benzene ring substituents is 1. The lowest BCUT2D eigenvalue weighted by atomic mass is 9.79. The monoisotopic (exact) mass is 292 g/mol. The van der Waals surface area contributed by atoms with Crippen LogP contribution in [0.3, 0.4) is 0 Å². The van der Waals surface area contributed by atoms with E-state index < -0.39 is 0 Å². The largest absolute Gasteiger partial charge is 0.495 e. The number of hydrogen-bond donors (Lipinski definition) is 1. The van der Waals surface area contributed by atoms with Crippen molar-refractivity contribution in [2.75, 3.05) is 12.4 Å². The van der Waals surface area contributed by atoms with Gasteiger partial charge < -0.3 is 10.1 Å². The summed E-state index contributed by atoms with van der Waals surface area (Å²) >= 11 is 0. The van der Waals surface area contributed by atoms with Crippen LogP contribution in [0.15, 0.2) is 18.2 Å². The molecule has 0 radical (unpaired) electrons. The van der Waals surface area contributed by atoms with Gasteiger partial charge in [0.2, 0.25) is 0 Å². The number of hydrogen-bond acceptors (Lipinski definition) is 4. The van der Waals surface area contributed by atoms with E-state index in [4.69, 9.17) is 4.74 Å². The first kappa shape index (κ1) is 15.6. The van der Waals surface area contributed by atoms with Gasteiger partial charge >= 0.3 is 0 Å². The Morgan fingerprint density at radius 3 is 2.76 bits per heavy atom. The molecule has 0 aliphatic heterocycles.